The molecule has 0 amide bonds. The summed E-state index contributed by atoms with van der Waals surface area (Å²) in [7, 11) is 0. The zero-order chi connectivity index (χ0) is 14.8. The van der Waals surface area contributed by atoms with Crippen molar-refractivity contribution in [3.63, 3.8) is 0 Å². The van der Waals surface area contributed by atoms with E-state index in [4.69, 9.17) is 10.0 Å². The Balaban J connectivity index is 0.000000612. The molecule has 105 valence electrons. The third-order valence-electron chi connectivity index (χ3n) is 2.96. The van der Waals surface area contributed by atoms with Crippen LogP contribution in [0.1, 0.15) is 25.3 Å². The first-order chi connectivity index (χ1) is 9.72. The van der Waals surface area contributed by atoms with Crippen molar-refractivity contribution in [1.29, 1.82) is 0 Å². The van der Waals surface area contributed by atoms with Crippen LogP contribution in [0, 0.1) is 5.82 Å². The summed E-state index contributed by atoms with van der Waals surface area (Å²) < 4.78 is 13.9. The molecule has 2 aromatic carbocycles. The van der Waals surface area contributed by atoms with Crippen molar-refractivity contribution >= 4 is 7.69 Å². The molecule has 0 unspecified atom stereocenters. The molecule has 1 radical (unpaired) electrons. The molecule has 0 fully saturated rings. The average Bonchev–Trinajstić information content (AvgIpc) is 2.48. The number of benzene rings is 2. The molecule has 20 heavy (non-hydrogen) atoms. The van der Waals surface area contributed by atoms with Crippen LogP contribution >= 0.6 is 0 Å². The third kappa shape index (κ3) is 5.15. The molecule has 2 N–H and O–H groups in total. The van der Waals surface area contributed by atoms with Crippen LogP contribution in [0.4, 0.5) is 4.39 Å². The lowest BCUT2D eigenvalue weighted by Gasteiger charge is -2.06. The second-order valence-electron chi connectivity index (χ2n) is 4.39. The standard InChI is InChI=1S/C16H17F.BH2O2/c1-2-3-7-14-10-11-15(12-16(14)17)13-8-5-4-6-9-13;2-1-3/h4-6,8-12H,2-3,7H2,1H3;2-3H. The second kappa shape index (κ2) is 9.29. The van der Waals surface area contributed by atoms with E-state index in [0.717, 1.165) is 36.0 Å². The molecule has 0 bridgehead atoms. The van der Waals surface area contributed by atoms with Crippen molar-refractivity contribution in [2.45, 2.75) is 26.2 Å². The number of unbranched alkanes of at least 4 members (excludes halogenated alkanes) is 1. The summed E-state index contributed by atoms with van der Waals surface area (Å²) in [5.74, 6) is -0.0835. The average molecular weight is 273 g/mol. The zero-order valence-electron chi connectivity index (χ0n) is 11.6. The highest BCUT2D eigenvalue weighted by Gasteiger charge is 2.04. The van der Waals surface area contributed by atoms with E-state index >= 15 is 0 Å². The van der Waals surface area contributed by atoms with Crippen molar-refractivity contribution in [2.24, 2.45) is 0 Å². The largest absolute Gasteiger partial charge is 0.482 e. The van der Waals surface area contributed by atoms with Crippen molar-refractivity contribution in [1.82, 2.24) is 0 Å². The normalized spacial score (nSPS) is 9.60. The molecule has 0 aromatic heterocycles. The van der Waals surface area contributed by atoms with E-state index in [1.54, 1.807) is 6.07 Å². The second-order valence-corrected chi connectivity index (χ2v) is 4.39. The Hall–Kier alpha value is -1.65. The fraction of sp³-hybridized carbons (Fsp3) is 0.250. The van der Waals surface area contributed by atoms with Crippen LogP contribution in [0.25, 0.3) is 11.1 Å². The van der Waals surface area contributed by atoms with E-state index in [0.29, 0.717) is 0 Å². The summed E-state index contributed by atoms with van der Waals surface area (Å²) in [6.45, 7) is 2.12. The summed E-state index contributed by atoms with van der Waals surface area (Å²) in [6, 6.07) is 15.5. The Morgan fingerprint density at radius 2 is 1.65 bits per heavy atom. The molecule has 2 nitrogen and oxygen atoms in total. The number of rotatable bonds is 4. The van der Waals surface area contributed by atoms with Crippen LogP contribution < -0.4 is 0 Å². The van der Waals surface area contributed by atoms with Gasteiger partial charge in [-0.15, -0.1) is 0 Å². The molecule has 2 rings (SSSR count). The lowest BCUT2D eigenvalue weighted by molar-refractivity contribution is 0.448. The molecule has 0 aliphatic rings. The maximum atomic E-state index is 13.9. The monoisotopic (exact) mass is 273 g/mol. The van der Waals surface area contributed by atoms with Crippen LogP contribution in [0.15, 0.2) is 48.5 Å². The van der Waals surface area contributed by atoms with Crippen LogP contribution in [0.5, 0.6) is 0 Å². The Labute approximate surface area is 120 Å². The lowest BCUT2D eigenvalue weighted by Crippen LogP contribution is -1.91. The fourth-order valence-corrected chi connectivity index (χ4v) is 1.93. The highest BCUT2D eigenvalue weighted by atomic mass is 19.1. The lowest BCUT2D eigenvalue weighted by atomic mass is 10.0. The van der Waals surface area contributed by atoms with Gasteiger partial charge in [-0.05, 0) is 35.6 Å². The SMILES string of the molecule is CCCCc1ccc(-c2ccccc2)cc1F.O[B]O. The summed E-state index contributed by atoms with van der Waals surface area (Å²) in [5.41, 5.74) is 2.84. The molecule has 0 saturated heterocycles. The summed E-state index contributed by atoms with van der Waals surface area (Å²) in [5, 5.41) is 14.0. The summed E-state index contributed by atoms with van der Waals surface area (Å²) in [6.07, 6.45) is 2.97. The van der Waals surface area contributed by atoms with Gasteiger partial charge in [-0.2, -0.15) is 0 Å². The highest BCUT2D eigenvalue weighted by Crippen LogP contribution is 2.22. The van der Waals surface area contributed by atoms with Gasteiger partial charge in [-0.1, -0.05) is 55.8 Å². The van der Waals surface area contributed by atoms with Gasteiger partial charge in [0, 0.05) is 0 Å². The maximum Gasteiger partial charge on any atom is 0.482 e. The minimum Gasteiger partial charge on any atom is -0.429 e. The van der Waals surface area contributed by atoms with Crippen molar-refractivity contribution in [3.05, 3.63) is 59.9 Å². The Morgan fingerprint density at radius 1 is 1.00 bits per heavy atom. The van der Waals surface area contributed by atoms with Crippen molar-refractivity contribution in [2.75, 3.05) is 0 Å². The van der Waals surface area contributed by atoms with E-state index in [9.17, 15) is 4.39 Å². The van der Waals surface area contributed by atoms with E-state index in [2.05, 4.69) is 6.92 Å². The predicted octanol–water partition coefficient (Wildman–Crippen LogP) is 3.34. The van der Waals surface area contributed by atoms with Gasteiger partial charge in [0.15, 0.2) is 0 Å². The molecule has 0 atom stereocenters. The number of halogens is 1. The highest BCUT2D eigenvalue weighted by molar-refractivity contribution is 6.13. The molecular weight excluding hydrogens is 254 g/mol. The quantitative estimate of drug-likeness (QED) is 0.839. The van der Waals surface area contributed by atoms with Crippen LogP contribution in [0.2, 0.25) is 0 Å². The van der Waals surface area contributed by atoms with E-state index in [-0.39, 0.29) is 13.5 Å². The predicted molar refractivity (Wildman–Crippen MR) is 80.6 cm³/mol. The molecule has 0 spiro atoms. The molecule has 4 heteroatoms. The van der Waals surface area contributed by atoms with Crippen LogP contribution in [0.3, 0.4) is 0 Å². The Morgan fingerprint density at radius 3 is 2.20 bits per heavy atom. The third-order valence-corrected chi connectivity index (χ3v) is 2.96. The first-order valence-electron chi connectivity index (χ1n) is 6.66. The van der Waals surface area contributed by atoms with Gasteiger partial charge >= 0.3 is 7.69 Å². The maximum absolute atomic E-state index is 13.9. The first kappa shape index (κ1) is 16.4. The Kier molecular flexibility index (Phi) is 7.62. The fourth-order valence-electron chi connectivity index (χ4n) is 1.93. The molecule has 2 aromatic rings. The summed E-state index contributed by atoms with van der Waals surface area (Å²) in [4.78, 5) is 0. The number of hydrogen-bond acceptors (Lipinski definition) is 2. The molecular formula is C16H19BFO2. The molecule has 0 heterocycles. The topological polar surface area (TPSA) is 40.5 Å². The van der Waals surface area contributed by atoms with Gasteiger partial charge in [-0.3, -0.25) is 0 Å². The molecule has 0 saturated carbocycles. The van der Waals surface area contributed by atoms with E-state index in [1.165, 1.54) is 0 Å². The smallest absolute Gasteiger partial charge is 0.429 e. The van der Waals surface area contributed by atoms with Crippen molar-refractivity contribution < 1.29 is 14.4 Å². The molecule has 0 aliphatic carbocycles. The minimum atomic E-state index is -0.0835. The molecule has 0 aliphatic heterocycles. The Bertz CT molecular complexity index is 503. The van der Waals surface area contributed by atoms with Crippen LogP contribution in [-0.2, 0) is 6.42 Å². The van der Waals surface area contributed by atoms with Gasteiger partial charge < -0.3 is 10.0 Å². The van der Waals surface area contributed by atoms with Gasteiger partial charge in [0.05, 0.1) is 0 Å². The van der Waals surface area contributed by atoms with E-state index < -0.39 is 0 Å². The van der Waals surface area contributed by atoms with Gasteiger partial charge in [0.1, 0.15) is 5.82 Å². The van der Waals surface area contributed by atoms with Crippen molar-refractivity contribution in [3.8, 4) is 11.1 Å². The first-order valence-corrected chi connectivity index (χ1v) is 6.66. The van der Waals surface area contributed by atoms with Crippen LogP contribution in [-0.4, -0.2) is 17.7 Å². The minimum absolute atomic E-state index is 0. The summed E-state index contributed by atoms with van der Waals surface area (Å²) >= 11 is 0. The van der Waals surface area contributed by atoms with Gasteiger partial charge in [0.2, 0.25) is 0 Å². The van der Waals surface area contributed by atoms with Gasteiger partial charge in [-0.25, -0.2) is 4.39 Å². The number of aryl methyl sites for hydroxylation is 1. The number of hydrogen-bond donors (Lipinski definition) is 2. The zero-order valence-corrected chi connectivity index (χ0v) is 11.6. The van der Waals surface area contributed by atoms with Gasteiger partial charge in [0.25, 0.3) is 0 Å². The van der Waals surface area contributed by atoms with E-state index in [1.807, 2.05) is 42.5 Å².